The van der Waals surface area contributed by atoms with Crippen LogP contribution in [0, 0.1) is 6.92 Å². The first-order chi connectivity index (χ1) is 11.7. The van der Waals surface area contributed by atoms with Gasteiger partial charge in [0.1, 0.15) is 11.4 Å². The number of nitrogens with zero attached hydrogens (tertiary/aromatic N) is 2. The number of phenols is 1. The van der Waals surface area contributed by atoms with Crippen LogP contribution in [-0.4, -0.2) is 34.4 Å². The first kappa shape index (κ1) is 15.4. The average molecular weight is 340 g/mol. The van der Waals surface area contributed by atoms with Gasteiger partial charge in [0.15, 0.2) is 5.82 Å². The summed E-state index contributed by atoms with van der Waals surface area (Å²) in [6.07, 6.45) is 2.32. The summed E-state index contributed by atoms with van der Waals surface area (Å²) in [7, 11) is 0. The Morgan fingerprint density at radius 1 is 1.29 bits per heavy atom. The van der Waals surface area contributed by atoms with Crippen molar-refractivity contribution >= 4 is 27.2 Å². The highest BCUT2D eigenvalue weighted by Crippen LogP contribution is 2.37. The minimum atomic E-state index is 0.244. The van der Waals surface area contributed by atoms with Crippen LogP contribution >= 0.6 is 11.3 Å². The summed E-state index contributed by atoms with van der Waals surface area (Å²) in [5, 5.41) is 29.1. The number of phenolic OH excluding ortho intramolecular Hbond substituents is 1. The molecule has 6 heteroatoms. The second-order valence-electron chi connectivity index (χ2n) is 6.27. The second kappa shape index (κ2) is 6.37. The molecule has 5 nitrogen and oxygen atoms in total. The molecule has 0 aliphatic carbocycles. The number of aromatic hydroxyl groups is 1. The lowest BCUT2D eigenvalue weighted by Crippen LogP contribution is -2.38. The molecule has 3 heterocycles. The fraction of sp³-hybridized carbons (Fsp3) is 0.333. The van der Waals surface area contributed by atoms with Crippen molar-refractivity contribution in [3.63, 3.8) is 0 Å². The number of hydrogen-bond acceptors (Lipinski definition) is 6. The van der Waals surface area contributed by atoms with Crippen LogP contribution in [0.3, 0.4) is 0 Å². The van der Waals surface area contributed by atoms with Gasteiger partial charge in [-0.25, -0.2) is 0 Å². The normalized spacial score (nSPS) is 18.0. The number of aryl methyl sites for hydroxylation is 1. The summed E-state index contributed by atoms with van der Waals surface area (Å²) in [4.78, 5) is 0. The van der Waals surface area contributed by atoms with E-state index in [2.05, 4.69) is 20.8 Å². The molecule has 124 valence electrons. The van der Waals surface area contributed by atoms with E-state index in [0.717, 1.165) is 52.2 Å². The van der Waals surface area contributed by atoms with Gasteiger partial charge in [-0.05, 0) is 55.5 Å². The van der Waals surface area contributed by atoms with Crippen LogP contribution < -0.4 is 10.6 Å². The summed E-state index contributed by atoms with van der Waals surface area (Å²) in [5.41, 5.74) is 2.48. The zero-order chi connectivity index (χ0) is 16.5. The SMILES string of the molecule is Cc1ccc(-c2nnc(N[C@@H]3CCCNC3)c3sccc23)c(O)c1. The maximum Gasteiger partial charge on any atom is 0.166 e. The zero-order valence-electron chi connectivity index (χ0n) is 13.5. The van der Waals surface area contributed by atoms with Crippen molar-refractivity contribution < 1.29 is 5.11 Å². The molecule has 4 rings (SSSR count). The molecule has 1 aliphatic rings. The largest absolute Gasteiger partial charge is 0.507 e. The third-order valence-electron chi connectivity index (χ3n) is 4.43. The van der Waals surface area contributed by atoms with Crippen molar-refractivity contribution in [1.82, 2.24) is 15.5 Å². The molecule has 0 spiro atoms. The molecule has 1 aliphatic heterocycles. The van der Waals surface area contributed by atoms with Gasteiger partial charge < -0.3 is 15.7 Å². The number of rotatable bonds is 3. The predicted molar refractivity (Wildman–Crippen MR) is 98.8 cm³/mol. The highest BCUT2D eigenvalue weighted by molar-refractivity contribution is 7.17. The maximum absolute atomic E-state index is 10.3. The number of piperidine rings is 1. The van der Waals surface area contributed by atoms with Crippen LogP contribution in [0.25, 0.3) is 21.3 Å². The van der Waals surface area contributed by atoms with Crippen LogP contribution in [0.5, 0.6) is 5.75 Å². The molecule has 0 unspecified atom stereocenters. The van der Waals surface area contributed by atoms with Gasteiger partial charge in [0, 0.05) is 23.5 Å². The molecule has 2 aromatic heterocycles. The Hall–Kier alpha value is -2.18. The molecule has 1 aromatic carbocycles. The fourth-order valence-corrected chi connectivity index (χ4v) is 4.03. The van der Waals surface area contributed by atoms with E-state index in [1.807, 2.05) is 30.5 Å². The molecule has 1 fully saturated rings. The number of benzene rings is 1. The molecule has 1 saturated heterocycles. The predicted octanol–water partition coefficient (Wildman–Crippen LogP) is 3.54. The van der Waals surface area contributed by atoms with Crippen molar-refractivity contribution in [2.45, 2.75) is 25.8 Å². The molecule has 0 radical (unpaired) electrons. The lowest BCUT2D eigenvalue weighted by atomic mass is 10.1. The third-order valence-corrected chi connectivity index (χ3v) is 5.35. The van der Waals surface area contributed by atoms with Gasteiger partial charge in [-0.15, -0.1) is 21.5 Å². The van der Waals surface area contributed by atoms with Gasteiger partial charge in [-0.2, -0.15) is 0 Å². The van der Waals surface area contributed by atoms with E-state index in [1.165, 1.54) is 6.42 Å². The summed E-state index contributed by atoms with van der Waals surface area (Å²) in [6, 6.07) is 8.08. The van der Waals surface area contributed by atoms with Gasteiger partial charge in [0.25, 0.3) is 0 Å². The third kappa shape index (κ3) is 2.83. The van der Waals surface area contributed by atoms with Gasteiger partial charge in [-0.3, -0.25) is 0 Å². The lowest BCUT2D eigenvalue weighted by molar-refractivity contribution is 0.476. The van der Waals surface area contributed by atoms with Crippen LogP contribution in [0.1, 0.15) is 18.4 Å². The molecule has 0 bridgehead atoms. The quantitative estimate of drug-likeness (QED) is 0.680. The Morgan fingerprint density at radius 3 is 3.00 bits per heavy atom. The van der Waals surface area contributed by atoms with Gasteiger partial charge >= 0.3 is 0 Å². The van der Waals surface area contributed by atoms with Crippen molar-refractivity contribution in [1.29, 1.82) is 0 Å². The molecular formula is C18H20N4OS. The first-order valence-electron chi connectivity index (χ1n) is 8.23. The van der Waals surface area contributed by atoms with Crippen molar-refractivity contribution in [3.8, 4) is 17.0 Å². The first-order valence-corrected chi connectivity index (χ1v) is 9.11. The fourth-order valence-electron chi connectivity index (χ4n) is 3.18. The van der Waals surface area contributed by atoms with Crippen molar-refractivity contribution in [2.24, 2.45) is 0 Å². The summed E-state index contributed by atoms with van der Waals surface area (Å²) >= 11 is 1.65. The topological polar surface area (TPSA) is 70.1 Å². The van der Waals surface area contributed by atoms with Gasteiger partial charge in [-0.1, -0.05) is 6.07 Å². The second-order valence-corrected chi connectivity index (χ2v) is 7.18. The highest BCUT2D eigenvalue weighted by Gasteiger charge is 2.18. The summed E-state index contributed by atoms with van der Waals surface area (Å²) in [5.74, 6) is 1.08. The summed E-state index contributed by atoms with van der Waals surface area (Å²) in [6.45, 7) is 4.00. The molecule has 0 saturated carbocycles. The molecule has 24 heavy (non-hydrogen) atoms. The van der Waals surface area contributed by atoms with Crippen molar-refractivity contribution in [3.05, 3.63) is 35.2 Å². The van der Waals surface area contributed by atoms with E-state index >= 15 is 0 Å². The van der Waals surface area contributed by atoms with Gasteiger partial charge in [0.2, 0.25) is 0 Å². The molecular weight excluding hydrogens is 320 g/mol. The van der Waals surface area contributed by atoms with Crippen LogP contribution in [0.15, 0.2) is 29.6 Å². The number of hydrogen-bond donors (Lipinski definition) is 3. The Bertz CT molecular complexity index is 871. The number of aromatic nitrogens is 2. The van der Waals surface area contributed by atoms with E-state index in [4.69, 9.17) is 0 Å². The molecule has 3 aromatic rings. The van der Waals surface area contributed by atoms with E-state index < -0.39 is 0 Å². The van der Waals surface area contributed by atoms with E-state index in [9.17, 15) is 5.11 Å². The standard InChI is InChI=1S/C18H20N4OS/c1-11-4-5-13(15(23)9-11)16-14-6-8-24-17(14)18(22-21-16)20-12-3-2-7-19-10-12/h4-6,8-9,12,19,23H,2-3,7,10H2,1H3,(H,20,22)/t12-/m1/s1. The summed E-state index contributed by atoms with van der Waals surface area (Å²) < 4.78 is 1.09. The Balaban J connectivity index is 1.74. The minimum absolute atomic E-state index is 0.244. The molecule has 1 atom stereocenters. The monoisotopic (exact) mass is 340 g/mol. The smallest absolute Gasteiger partial charge is 0.166 e. The average Bonchev–Trinajstić information content (AvgIpc) is 3.07. The Morgan fingerprint density at radius 2 is 2.21 bits per heavy atom. The van der Waals surface area contributed by atoms with Crippen LogP contribution in [0.4, 0.5) is 5.82 Å². The van der Waals surface area contributed by atoms with E-state index in [-0.39, 0.29) is 5.75 Å². The highest BCUT2D eigenvalue weighted by atomic mass is 32.1. The zero-order valence-corrected chi connectivity index (χ0v) is 14.4. The number of anilines is 1. The van der Waals surface area contributed by atoms with Crippen LogP contribution in [-0.2, 0) is 0 Å². The minimum Gasteiger partial charge on any atom is -0.507 e. The lowest BCUT2D eigenvalue weighted by Gasteiger charge is -2.24. The maximum atomic E-state index is 10.3. The molecule has 0 amide bonds. The Labute approximate surface area is 144 Å². The van der Waals surface area contributed by atoms with E-state index in [1.54, 1.807) is 17.4 Å². The van der Waals surface area contributed by atoms with Crippen molar-refractivity contribution in [2.75, 3.05) is 18.4 Å². The number of nitrogens with one attached hydrogen (secondary N) is 2. The van der Waals surface area contributed by atoms with Crippen LogP contribution in [0.2, 0.25) is 0 Å². The Kier molecular flexibility index (Phi) is 4.08. The molecule has 3 N–H and O–H groups in total. The van der Waals surface area contributed by atoms with E-state index in [0.29, 0.717) is 6.04 Å². The number of fused-ring (bicyclic) bond motifs is 1. The van der Waals surface area contributed by atoms with Gasteiger partial charge in [0.05, 0.1) is 4.70 Å². The number of thiophene rings is 1.